The van der Waals surface area contributed by atoms with Crippen LogP contribution < -0.4 is 9.62 Å². The first-order valence-electron chi connectivity index (χ1n) is 14.7. The van der Waals surface area contributed by atoms with Crippen molar-refractivity contribution in [3.8, 4) is 0 Å². The lowest BCUT2D eigenvalue weighted by Crippen LogP contribution is -2.53. The van der Waals surface area contributed by atoms with Crippen LogP contribution in [0.2, 0.25) is 10.0 Å². The highest BCUT2D eigenvalue weighted by molar-refractivity contribution is 7.92. The van der Waals surface area contributed by atoms with Crippen molar-refractivity contribution in [3.05, 3.63) is 93.5 Å². The van der Waals surface area contributed by atoms with Crippen LogP contribution in [0.5, 0.6) is 0 Å². The normalized spacial score (nSPS) is 14.6. The van der Waals surface area contributed by atoms with E-state index in [1.54, 1.807) is 49.4 Å². The molecule has 0 saturated heterocycles. The maximum atomic E-state index is 14.3. The highest BCUT2D eigenvalue weighted by atomic mass is 35.5. The van der Waals surface area contributed by atoms with Gasteiger partial charge in [-0.05, 0) is 69.0 Å². The highest BCUT2D eigenvalue weighted by Gasteiger charge is 2.34. The first kappa shape index (κ1) is 32.8. The number of nitrogens with one attached hydrogen (secondary N) is 1. The Morgan fingerprint density at radius 3 is 2.19 bits per heavy atom. The van der Waals surface area contributed by atoms with E-state index in [1.807, 2.05) is 26.0 Å². The van der Waals surface area contributed by atoms with Crippen molar-refractivity contribution in [3.63, 3.8) is 0 Å². The fraction of sp³-hybridized carbons (Fsp3) is 0.394. The fourth-order valence-corrected chi connectivity index (χ4v) is 7.38. The van der Waals surface area contributed by atoms with Crippen LogP contribution in [0.15, 0.2) is 71.6 Å². The van der Waals surface area contributed by atoms with Gasteiger partial charge >= 0.3 is 0 Å². The van der Waals surface area contributed by atoms with Gasteiger partial charge in [0.25, 0.3) is 10.0 Å². The number of sulfonamides is 1. The number of carbonyl (C=O) groups excluding carboxylic acids is 2. The summed E-state index contributed by atoms with van der Waals surface area (Å²) in [5.41, 5.74) is 2.58. The summed E-state index contributed by atoms with van der Waals surface area (Å²) in [5, 5.41) is 3.81. The standard InChI is InChI=1S/C33H39Cl2N3O4S/c1-4-25-11-8-9-16-31(25)38(43(41,42)27-19-17-23(2)18-20-27)22-32(39)37(21-28-29(34)14-10-15-30(28)35)24(3)33(40)36-26-12-6-5-7-13-26/h8-11,14-20,24,26H,4-7,12-13,21-22H2,1-3H3,(H,36,40)/t24-/m0/s1. The largest absolute Gasteiger partial charge is 0.352 e. The van der Waals surface area contributed by atoms with E-state index in [0.29, 0.717) is 27.7 Å². The first-order chi connectivity index (χ1) is 20.5. The Kier molecular flexibility index (Phi) is 11.2. The number of benzene rings is 3. The van der Waals surface area contributed by atoms with Crippen molar-refractivity contribution in [1.29, 1.82) is 0 Å². The van der Waals surface area contributed by atoms with Gasteiger partial charge < -0.3 is 10.2 Å². The molecule has 10 heteroatoms. The molecule has 0 spiro atoms. The van der Waals surface area contributed by atoms with Crippen molar-refractivity contribution in [2.45, 2.75) is 82.8 Å². The van der Waals surface area contributed by atoms with E-state index < -0.39 is 28.5 Å². The third-order valence-corrected chi connectivity index (χ3v) is 10.5. The Hall–Kier alpha value is -3.07. The number of amides is 2. The van der Waals surface area contributed by atoms with Gasteiger partial charge in [-0.25, -0.2) is 8.42 Å². The van der Waals surface area contributed by atoms with Gasteiger partial charge in [-0.3, -0.25) is 13.9 Å². The summed E-state index contributed by atoms with van der Waals surface area (Å²) in [6, 6.07) is 17.8. The maximum absolute atomic E-state index is 14.3. The molecule has 1 aliphatic rings. The van der Waals surface area contributed by atoms with E-state index in [-0.39, 0.29) is 23.4 Å². The van der Waals surface area contributed by atoms with Gasteiger partial charge in [0.05, 0.1) is 10.6 Å². The predicted molar refractivity (Wildman–Crippen MR) is 173 cm³/mol. The van der Waals surface area contributed by atoms with Crippen molar-refractivity contribution < 1.29 is 18.0 Å². The average molecular weight is 645 g/mol. The Labute approximate surface area is 265 Å². The lowest BCUT2D eigenvalue weighted by Gasteiger charge is -2.34. The summed E-state index contributed by atoms with van der Waals surface area (Å²) in [6.45, 7) is 4.88. The summed E-state index contributed by atoms with van der Waals surface area (Å²) in [4.78, 5) is 29.2. The van der Waals surface area contributed by atoms with Crippen molar-refractivity contribution in [2.24, 2.45) is 0 Å². The number of aryl methyl sites for hydroxylation is 2. The lowest BCUT2D eigenvalue weighted by atomic mass is 9.95. The Morgan fingerprint density at radius 1 is 0.930 bits per heavy atom. The summed E-state index contributed by atoms with van der Waals surface area (Å²) in [5.74, 6) is -0.853. The molecule has 1 N–H and O–H groups in total. The van der Waals surface area contributed by atoms with Crippen LogP contribution in [-0.2, 0) is 32.6 Å². The van der Waals surface area contributed by atoms with Gasteiger partial charge in [-0.15, -0.1) is 0 Å². The Bertz CT molecular complexity index is 1520. The number of para-hydroxylation sites is 1. The van der Waals surface area contributed by atoms with Crippen molar-refractivity contribution >= 4 is 50.7 Å². The topological polar surface area (TPSA) is 86.8 Å². The minimum atomic E-state index is -4.16. The van der Waals surface area contributed by atoms with Crippen molar-refractivity contribution in [1.82, 2.24) is 10.2 Å². The van der Waals surface area contributed by atoms with Crippen LogP contribution in [0.25, 0.3) is 0 Å². The summed E-state index contributed by atoms with van der Waals surface area (Å²) in [7, 11) is -4.16. The van der Waals surface area contributed by atoms with Gasteiger partial charge in [0.15, 0.2) is 0 Å². The van der Waals surface area contributed by atoms with Crippen LogP contribution in [0.1, 0.15) is 62.6 Å². The number of hydrogen-bond acceptors (Lipinski definition) is 4. The number of nitrogens with zero attached hydrogens (tertiary/aromatic N) is 2. The zero-order valence-electron chi connectivity index (χ0n) is 24.9. The molecule has 0 unspecified atom stereocenters. The molecule has 0 aromatic heterocycles. The summed E-state index contributed by atoms with van der Waals surface area (Å²) in [6.07, 6.45) is 5.56. The van der Waals surface area contributed by atoms with E-state index in [4.69, 9.17) is 23.2 Å². The fourth-order valence-electron chi connectivity index (χ4n) is 5.41. The van der Waals surface area contributed by atoms with Crippen LogP contribution in [0.4, 0.5) is 5.69 Å². The molecule has 2 amide bonds. The van der Waals surface area contributed by atoms with Crippen molar-refractivity contribution in [2.75, 3.05) is 10.8 Å². The van der Waals surface area contributed by atoms with Gasteiger partial charge in [0.1, 0.15) is 12.6 Å². The minimum Gasteiger partial charge on any atom is -0.352 e. The summed E-state index contributed by atoms with van der Waals surface area (Å²) >= 11 is 13.0. The number of halogens is 2. The molecule has 0 bridgehead atoms. The summed E-state index contributed by atoms with van der Waals surface area (Å²) < 4.78 is 29.4. The highest BCUT2D eigenvalue weighted by Crippen LogP contribution is 2.30. The molecule has 43 heavy (non-hydrogen) atoms. The average Bonchev–Trinajstić information content (AvgIpc) is 3.00. The van der Waals surface area contributed by atoms with E-state index in [2.05, 4.69) is 5.32 Å². The second-order valence-corrected chi connectivity index (χ2v) is 13.7. The predicted octanol–water partition coefficient (Wildman–Crippen LogP) is 6.93. The number of carbonyl (C=O) groups is 2. The minimum absolute atomic E-state index is 0.0411. The monoisotopic (exact) mass is 643 g/mol. The molecular formula is C33H39Cl2N3O4S. The zero-order valence-corrected chi connectivity index (χ0v) is 27.2. The zero-order chi connectivity index (χ0) is 31.1. The maximum Gasteiger partial charge on any atom is 0.264 e. The molecule has 3 aromatic rings. The second-order valence-electron chi connectivity index (χ2n) is 11.0. The van der Waals surface area contributed by atoms with Crippen LogP contribution in [0, 0.1) is 6.92 Å². The Balaban J connectivity index is 1.74. The van der Waals surface area contributed by atoms with Crippen LogP contribution >= 0.6 is 23.2 Å². The smallest absolute Gasteiger partial charge is 0.264 e. The third kappa shape index (κ3) is 7.91. The molecule has 1 fully saturated rings. The second kappa shape index (κ2) is 14.6. The molecule has 1 aliphatic carbocycles. The first-order valence-corrected chi connectivity index (χ1v) is 16.9. The molecular weight excluding hydrogens is 605 g/mol. The van der Waals surface area contributed by atoms with E-state index >= 15 is 0 Å². The molecule has 4 rings (SSSR count). The van der Waals surface area contributed by atoms with Gasteiger partial charge in [-0.1, -0.05) is 91.3 Å². The van der Waals surface area contributed by atoms with Crippen LogP contribution in [-0.4, -0.2) is 43.8 Å². The van der Waals surface area contributed by atoms with Gasteiger partial charge in [-0.2, -0.15) is 0 Å². The quantitative estimate of drug-likeness (QED) is 0.246. The third-order valence-electron chi connectivity index (χ3n) is 8.04. The van der Waals surface area contributed by atoms with E-state index in [9.17, 15) is 18.0 Å². The molecule has 0 heterocycles. The Morgan fingerprint density at radius 2 is 1.56 bits per heavy atom. The van der Waals surface area contributed by atoms with Gasteiger partial charge in [0.2, 0.25) is 11.8 Å². The number of hydrogen-bond donors (Lipinski definition) is 1. The van der Waals surface area contributed by atoms with E-state index in [1.165, 1.54) is 17.0 Å². The molecule has 0 aliphatic heterocycles. The molecule has 230 valence electrons. The van der Waals surface area contributed by atoms with Gasteiger partial charge in [0, 0.05) is 28.2 Å². The molecule has 1 saturated carbocycles. The SMILES string of the molecule is CCc1ccccc1N(CC(=O)N(Cc1c(Cl)cccc1Cl)[C@@H](C)C(=O)NC1CCCCC1)S(=O)(=O)c1ccc(C)cc1. The van der Waals surface area contributed by atoms with Crippen LogP contribution in [0.3, 0.4) is 0 Å². The molecule has 0 radical (unpaired) electrons. The number of rotatable bonds is 11. The lowest BCUT2D eigenvalue weighted by molar-refractivity contribution is -0.139. The number of anilines is 1. The molecule has 3 aromatic carbocycles. The molecule has 1 atom stereocenters. The van der Waals surface area contributed by atoms with E-state index in [0.717, 1.165) is 47.5 Å². The molecule has 7 nitrogen and oxygen atoms in total.